The first-order valence-electron chi connectivity index (χ1n) is 7.91. The van der Waals surface area contributed by atoms with Crippen LogP contribution < -0.4 is 0 Å². The van der Waals surface area contributed by atoms with E-state index in [4.69, 9.17) is 18.9 Å². The van der Waals surface area contributed by atoms with Crippen LogP contribution >= 0.6 is 0 Å². The van der Waals surface area contributed by atoms with Crippen molar-refractivity contribution in [2.24, 2.45) is 0 Å². The van der Waals surface area contributed by atoms with Gasteiger partial charge in [-0.15, -0.1) is 0 Å². The molecule has 24 heavy (non-hydrogen) atoms. The Kier molecular flexibility index (Phi) is 10.5. The third-order valence-electron chi connectivity index (χ3n) is 2.97. The van der Waals surface area contributed by atoms with Crippen molar-refractivity contribution in [3.63, 3.8) is 0 Å². The number of carbonyl (C=O) groups excluding carboxylic acids is 3. The molecule has 0 N–H and O–H groups in total. The van der Waals surface area contributed by atoms with Crippen LogP contribution in [0, 0.1) is 0 Å². The van der Waals surface area contributed by atoms with Crippen LogP contribution in [0.1, 0.15) is 25.7 Å². The van der Waals surface area contributed by atoms with Crippen molar-refractivity contribution in [3.8, 4) is 0 Å². The Labute approximate surface area is 141 Å². The van der Waals surface area contributed by atoms with E-state index in [1.165, 1.54) is 0 Å². The molecule has 0 aliphatic carbocycles. The summed E-state index contributed by atoms with van der Waals surface area (Å²) >= 11 is 0. The fourth-order valence-electron chi connectivity index (χ4n) is 1.64. The largest absolute Gasteiger partial charge is 0.464 e. The molecule has 0 bridgehead atoms. The van der Waals surface area contributed by atoms with Crippen molar-refractivity contribution in [3.05, 3.63) is 12.7 Å². The molecule has 0 aromatic heterocycles. The predicted octanol–water partition coefficient (Wildman–Crippen LogP) is 0.778. The smallest absolute Gasteiger partial charge is 0.332 e. The van der Waals surface area contributed by atoms with Gasteiger partial charge in [-0.2, -0.15) is 0 Å². The van der Waals surface area contributed by atoms with Crippen LogP contribution in [0.4, 0.5) is 0 Å². The maximum Gasteiger partial charge on any atom is 0.332 e. The van der Waals surface area contributed by atoms with Gasteiger partial charge in [0.25, 0.3) is 0 Å². The zero-order chi connectivity index (χ0) is 17.6. The van der Waals surface area contributed by atoms with Gasteiger partial charge in [-0.1, -0.05) is 6.58 Å². The molecule has 1 saturated heterocycles. The van der Waals surface area contributed by atoms with E-state index in [9.17, 15) is 14.4 Å². The van der Waals surface area contributed by atoms with E-state index in [0.717, 1.165) is 12.5 Å². The van der Waals surface area contributed by atoms with Gasteiger partial charge in [0.2, 0.25) is 0 Å². The fraction of sp³-hybridized carbons (Fsp3) is 0.688. The molecule has 1 atom stereocenters. The molecular weight excluding hydrogens is 320 g/mol. The molecule has 1 aliphatic rings. The van der Waals surface area contributed by atoms with Gasteiger partial charge in [-0.3, -0.25) is 4.79 Å². The molecule has 1 unspecified atom stereocenters. The second-order valence-corrected chi connectivity index (χ2v) is 5.09. The van der Waals surface area contributed by atoms with Gasteiger partial charge in [-0.05, 0) is 19.3 Å². The third kappa shape index (κ3) is 11.6. The zero-order valence-corrected chi connectivity index (χ0v) is 13.7. The second kappa shape index (κ2) is 12.5. The maximum atomic E-state index is 11.4. The summed E-state index contributed by atoms with van der Waals surface area (Å²) in [6.07, 6.45) is 3.49. The van der Waals surface area contributed by atoms with Gasteiger partial charge in [0.15, 0.2) is 0 Å². The zero-order valence-electron chi connectivity index (χ0n) is 13.7. The van der Waals surface area contributed by atoms with Gasteiger partial charge in [0, 0.05) is 12.5 Å². The molecule has 1 heterocycles. The van der Waals surface area contributed by atoms with Gasteiger partial charge in [0.05, 0.1) is 19.8 Å². The molecule has 1 rings (SSSR count). The summed E-state index contributed by atoms with van der Waals surface area (Å²) in [6, 6.07) is 0. The van der Waals surface area contributed by atoms with E-state index < -0.39 is 11.9 Å². The highest BCUT2D eigenvalue weighted by Gasteiger charge is 2.22. The number of esters is 3. The molecule has 0 radical (unpaired) electrons. The number of hydrogen-bond donors (Lipinski definition) is 0. The highest BCUT2D eigenvalue weighted by atomic mass is 16.6. The first-order chi connectivity index (χ1) is 11.6. The van der Waals surface area contributed by atoms with Crippen molar-refractivity contribution in [2.75, 3.05) is 39.6 Å². The highest BCUT2D eigenvalue weighted by Crippen LogP contribution is 2.08. The highest BCUT2D eigenvalue weighted by molar-refractivity contribution is 5.81. The van der Waals surface area contributed by atoms with E-state index in [2.05, 4.69) is 11.3 Å². The van der Waals surface area contributed by atoms with Crippen molar-refractivity contribution < 1.29 is 38.1 Å². The first-order valence-corrected chi connectivity index (χ1v) is 7.91. The van der Waals surface area contributed by atoms with E-state index in [-0.39, 0.29) is 38.3 Å². The average molecular weight is 344 g/mol. The van der Waals surface area contributed by atoms with E-state index in [0.29, 0.717) is 32.7 Å². The van der Waals surface area contributed by atoms with Crippen molar-refractivity contribution in [1.29, 1.82) is 0 Å². The lowest BCUT2D eigenvalue weighted by Crippen LogP contribution is -2.15. The molecule has 0 saturated carbocycles. The summed E-state index contributed by atoms with van der Waals surface area (Å²) in [5.41, 5.74) is 0. The van der Waals surface area contributed by atoms with E-state index >= 15 is 0 Å². The quantitative estimate of drug-likeness (QED) is 0.150. The lowest BCUT2D eigenvalue weighted by molar-refractivity contribution is -0.150. The van der Waals surface area contributed by atoms with Crippen LogP contribution in [0.5, 0.6) is 0 Å². The molecule has 1 fully saturated rings. The van der Waals surface area contributed by atoms with E-state index in [1.54, 1.807) is 0 Å². The molecule has 0 amide bonds. The number of carbonyl (C=O) groups is 3. The normalized spacial score (nSPS) is 15.4. The average Bonchev–Trinajstić information content (AvgIpc) is 3.38. The summed E-state index contributed by atoms with van der Waals surface area (Å²) < 4.78 is 24.6. The van der Waals surface area contributed by atoms with Gasteiger partial charge in [0.1, 0.15) is 25.9 Å². The minimum Gasteiger partial charge on any atom is -0.464 e. The van der Waals surface area contributed by atoms with Crippen LogP contribution in [0.25, 0.3) is 0 Å². The minimum atomic E-state index is -0.549. The minimum absolute atomic E-state index is 0.0154. The third-order valence-corrected chi connectivity index (χ3v) is 2.97. The molecule has 0 spiro atoms. The van der Waals surface area contributed by atoms with Crippen LogP contribution in [0.3, 0.4) is 0 Å². The molecule has 0 aromatic rings. The molecule has 8 heteroatoms. The molecule has 0 aromatic carbocycles. The second-order valence-electron chi connectivity index (χ2n) is 5.09. The van der Waals surface area contributed by atoms with Crippen LogP contribution in [-0.2, 0) is 38.1 Å². The van der Waals surface area contributed by atoms with Gasteiger partial charge >= 0.3 is 17.9 Å². The van der Waals surface area contributed by atoms with Crippen molar-refractivity contribution in [1.82, 2.24) is 0 Å². The maximum absolute atomic E-state index is 11.4. The number of epoxide rings is 1. The van der Waals surface area contributed by atoms with Crippen LogP contribution in [0.15, 0.2) is 12.7 Å². The molecule has 136 valence electrons. The molecular formula is C16H24O8. The number of rotatable bonds is 14. The summed E-state index contributed by atoms with van der Waals surface area (Å²) in [7, 11) is 0. The Hall–Kier alpha value is -1.93. The molecule has 1 aliphatic heterocycles. The van der Waals surface area contributed by atoms with Crippen molar-refractivity contribution >= 4 is 17.9 Å². The monoisotopic (exact) mass is 344 g/mol. The van der Waals surface area contributed by atoms with Gasteiger partial charge in [-0.25, -0.2) is 9.59 Å². The Morgan fingerprint density at radius 2 is 1.71 bits per heavy atom. The first kappa shape index (κ1) is 20.1. The Morgan fingerprint density at radius 1 is 1.00 bits per heavy atom. The SMILES string of the molecule is C=CC(=O)OCCOC(=O)CCCCCOC(=O)COCC1CO1. The Balaban J connectivity index is 1.82. The van der Waals surface area contributed by atoms with Crippen LogP contribution in [-0.4, -0.2) is 63.7 Å². The van der Waals surface area contributed by atoms with Crippen molar-refractivity contribution in [2.45, 2.75) is 31.8 Å². The Morgan fingerprint density at radius 3 is 2.42 bits per heavy atom. The molecule has 8 nitrogen and oxygen atoms in total. The summed E-state index contributed by atoms with van der Waals surface area (Å²) in [6.45, 7) is 4.64. The Bertz CT molecular complexity index is 416. The summed E-state index contributed by atoms with van der Waals surface area (Å²) in [5, 5.41) is 0. The predicted molar refractivity (Wildman–Crippen MR) is 82.1 cm³/mol. The summed E-state index contributed by atoms with van der Waals surface area (Å²) in [5.74, 6) is -1.30. The number of hydrogen-bond acceptors (Lipinski definition) is 8. The summed E-state index contributed by atoms with van der Waals surface area (Å²) in [4.78, 5) is 33.4. The standard InChI is InChI=1S/C16H24O8/c1-2-14(17)22-8-9-23-15(18)6-4-3-5-7-21-16(19)12-20-10-13-11-24-13/h2,13H,1,3-12H2. The van der Waals surface area contributed by atoms with E-state index in [1.807, 2.05) is 0 Å². The number of ether oxygens (including phenoxy) is 5. The lowest BCUT2D eigenvalue weighted by atomic mass is 10.2. The van der Waals surface area contributed by atoms with Crippen LogP contribution in [0.2, 0.25) is 0 Å². The topological polar surface area (TPSA) is 101 Å². The lowest BCUT2D eigenvalue weighted by Gasteiger charge is -2.06. The fourth-order valence-corrected chi connectivity index (χ4v) is 1.64. The van der Waals surface area contributed by atoms with Gasteiger partial charge < -0.3 is 23.7 Å². The number of unbranched alkanes of at least 4 members (excludes halogenated alkanes) is 2.